The average molecular weight is 413 g/mol. The Labute approximate surface area is 162 Å². The first-order valence-corrected chi connectivity index (χ1v) is 10.3. The maximum Gasteiger partial charge on any atom is 0.242 e. The Morgan fingerprint density at radius 3 is 2.69 bits per heavy atom. The standard InChI is InChI=1S/C17H18Cl2N4O2S/c1-11-6-16(15(19)8-14(11)18)26(24,25)21-5-3-4-13-9-20-17-7-12(2)22-23(17)10-13/h6-10,21H,3-5H2,1-2H3. The molecule has 0 aliphatic rings. The Bertz CT molecular complexity index is 1060. The Hall–Kier alpha value is -1.67. The summed E-state index contributed by atoms with van der Waals surface area (Å²) in [6, 6.07) is 4.82. The predicted octanol–water partition coefficient (Wildman–Crippen LogP) is 3.56. The molecule has 6 nitrogen and oxygen atoms in total. The number of aryl methyl sites for hydroxylation is 3. The Morgan fingerprint density at radius 1 is 1.15 bits per heavy atom. The van der Waals surface area contributed by atoms with E-state index in [4.69, 9.17) is 23.2 Å². The van der Waals surface area contributed by atoms with E-state index in [2.05, 4.69) is 14.8 Å². The zero-order valence-corrected chi connectivity index (χ0v) is 16.7. The van der Waals surface area contributed by atoms with Gasteiger partial charge in [0.15, 0.2) is 5.65 Å². The molecule has 3 aromatic rings. The van der Waals surface area contributed by atoms with Gasteiger partial charge in [0.25, 0.3) is 0 Å². The summed E-state index contributed by atoms with van der Waals surface area (Å²) in [7, 11) is -3.69. The molecule has 0 atom stereocenters. The van der Waals surface area contributed by atoms with E-state index in [0.717, 1.165) is 16.9 Å². The van der Waals surface area contributed by atoms with Crippen LogP contribution in [-0.4, -0.2) is 29.6 Å². The van der Waals surface area contributed by atoms with Crippen molar-refractivity contribution in [2.24, 2.45) is 0 Å². The van der Waals surface area contributed by atoms with Gasteiger partial charge in [-0.05, 0) is 49.9 Å². The van der Waals surface area contributed by atoms with Crippen LogP contribution in [0.2, 0.25) is 10.0 Å². The van der Waals surface area contributed by atoms with Gasteiger partial charge in [-0.3, -0.25) is 0 Å². The van der Waals surface area contributed by atoms with Gasteiger partial charge >= 0.3 is 0 Å². The van der Waals surface area contributed by atoms with Crippen molar-refractivity contribution in [3.8, 4) is 0 Å². The lowest BCUT2D eigenvalue weighted by Gasteiger charge is -2.10. The SMILES string of the molecule is Cc1cc2ncc(CCCNS(=O)(=O)c3cc(C)c(Cl)cc3Cl)cn2n1. The monoisotopic (exact) mass is 412 g/mol. The van der Waals surface area contributed by atoms with Crippen LogP contribution in [0.25, 0.3) is 5.65 Å². The minimum Gasteiger partial charge on any atom is -0.237 e. The second kappa shape index (κ2) is 7.52. The third-order valence-corrected chi connectivity index (χ3v) is 6.26. The van der Waals surface area contributed by atoms with Crippen molar-refractivity contribution in [1.82, 2.24) is 19.3 Å². The molecule has 1 N–H and O–H groups in total. The fraction of sp³-hybridized carbons (Fsp3) is 0.294. The zero-order valence-electron chi connectivity index (χ0n) is 14.3. The topological polar surface area (TPSA) is 76.4 Å². The molecular formula is C17H18Cl2N4O2S. The van der Waals surface area contributed by atoms with Crippen LogP contribution in [0.4, 0.5) is 0 Å². The third-order valence-electron chi connectivity index (χ3n) is 3.93. The van der Waals surface area contributed by atoms with Gasteiger partial charge in [0.05, 0.1) is 10.7 Å². The van der Waals surface area contributed by atoms with Crippen molar-refractivity contribution in [3.05, 3.63) is 57.5 Å². The smallest absolute Gasteiger partial charge is 0.237 e. The van der Waals surface area contributed by atoms with E-state index >= 15 is 0 Å². The second-order valence-electron chi connectivity index (χ2n) is 6.08. The fourth-order valence-corrected chi connectivity index (χ4v) is 4.48. The van der Waals surface area contributed by atoms with Gasteiger partial charge in [-0.1, -0.05) is 23.2 Å². The van der Waals surface area contributed by atoms with Crippen molar-refractivity contribution in [1.29, 1.82) is 0 Å². The van der Waals surface area contributed by atoms with Gasteiger partial charge in [0.2, 0.25) is 10.0 Å². The number of aromatic nitrogens is 3. The number of halogens is 2. The number of benzene rings is 1. The number of sulfonamides is 1. The van der Waals surface area contributed by atoms with Crippen LogP contribution in [-0.2, 0) is 16.4 Å². The molecule has 3 rings (SSSR count). The quantitative estimate of drug-likeness (QED) is 0.627. The normalized spacial score (nSPS) is 12.0. The van der Waals surface area contributed by atoms with Crippen LogP contribution >= 0.6 is 23.2 Å². The van der Waals surface area contributed by atoms with Crippen LogP contribution in [0, 0.1) is 13.8 Å². The molecular weight excluding hydrogens is 395 g/mol. The maximum atomic E-state index is 12.4. The van der Waals surface area contributed by atoms with E-state index in [1.54, 1.807) is 17.6 Å². The number of nitrogens with one attached hydrogen (secondary N) is 1. The third kappa shape index (κ3) is 4.17. The lowest BCUT2D eigenvalue weighted by molar-refractivity contribution is 0.579. The molecule has 9 heteroatoms. The molecule has 0 spiro atoms. The summed E-state index contributed by atoms with van der Waals surface area (Å²) in [6.07, 6.45) is 4.99. The van der Waals surface area contributed by atoms with Crippen molar-refractivity contribution in [2.45, 2.75) is 31.6 Å². The predicted molar refractivity (Wildman–Crippen MR) is 102 cm³/mol. The number of rotatable bonds is 6. The highest BCUT2D eigenvalue weighted by molar-refractivity contribution is 7.89. The van der Waals surface area contributed by atoms with Gasteiger partial charge in [0, 0.05) is 30.0 Å². The highest BCUT2D eigenvalue weighted by Gasteiger charge is 2.18. The molecule has 26 heavy (non-hydrogen) atoms. The van der Waals surface area contributed by atoms with E-state index < -0.39 is 10.0 Å². The van der Waals surface area contributed by atoms with Crippen LogP contribution in [0.15, 0.2) is 35.5 Å². The van der Waals surface area contributed by atoms with Gasteiger partial charge in [0.1, 0.15) is 4.90 Å². The van der Waals surface area contributed by atoms with Gasteiger partial charge in [-0.15, -0.1) is 0 Å². The van der Waals surface area contributed by atoms with Crippen molar-refractivity contribution in [3.63, 3.8) is 0 Å². The summed E-state index contributed by atoms with van der Waals surface area (Å²) in [5, 5.41) is 4.87. The minimum absolute atomic E-state index is 0.0381. The first kappa shape index (κ1) is 19.1. The maximum absolute atomic E-state index is 12.4. The summed E-state index contributed by atoms with van der Waals surface area (Å²) in [5.41, 5.74) is 3.34. The summed E-state index contributed by atoms with van der Waals surface area (Å²) in [6.45, 7) is 3.93. The van der Waals surface area contributed by atoms with E-state index in [9.17, 15) is 8.42 Å². The summed E-state index contributed by atoms with van der Waals surface area (Å²) in [5.74, 6) is 0. The molecule has 0 saturated carbocycles. The lowest BCUT2D eigenvalue weighted by Crippen LogP contribution is -2.25. The molecule has 0 aliphatic heterocycles. The molecule has 0 radical (unpaired) electrons. The summed E-state index contributed by atoms with van der Waals surface area (Å²) < 4.78 is 29.2. The number of hydrogen-bond acceptors (Lipinski definition) is 4. The van der Waals surface area contributed by atoms with Crippen LogP contribution < -0.4 is 4.72 Å². The van der Waals surface area contributed by atoms with Crippen molar-refractivity contribution >= 4 is 38.9 Å². The van der Waals surface area contributed by atoms with E-state index in [1.807, 2.05) is 19.2 Å². The first-order valence-electron chi connectivity index (χ1n) is 8.02. The number of nitrogens with zero attached hydrogens (tertiary/aromatic N) is 3. The highest BCUT2D eigenvalue weighted by Crippen LogP contribution is 2.28. The molecule has 0 aliphatic carbocycles. The highest BCUT2D eigenvalue weighted by atomic mass is 35.5. The summed E-state index contributed by atoms with van der Waals surface area (Å²) in [4.78, 5) is 4.38. The first-order chi connectivity index (χ1) is 12.3. The molecule has 2 heterocycles. The molecule has 0 unspecified atom stereocenters. The van der Waals surface area contributed by atoms with E-state index in [-0.39, 0.29) is 16.5 Å². The van der Waals surface area contributed by atoms with Crippen LogP contribution in [0.5, 0.6) is 0 Å². The Kier molecular flexibility index (Phi) is 5.53. The lowest BCUT2D eigenvalue weighted by atomic mass is 10.2. The van der Waals surface area contributed by atoms with Crippen LogP contribution in [0.1, 0.15) is 23.2 Å². The van der Waals surface area contributed by atoms with Crippen LogP contribution in [0.3, 0.4) is 0 Å². The molecule has 0 bridgehead atoms. The molecule has 0 saturated heterocycles. The zero-order chi connectivity index (χ0) is 18.9. The Morgan fingerprint density at radius 2 is 1.92 bits per heavy atom. The second-order valence-corrected chi connectivity index (χ2v) is 8.63. The van der Waals surface area contributed by atoms with E-state index in [0.29, 0.717) is 23.4 Å². The molecule has 2 aromatic heterocycles. The van der Waals surface area contributed by atoms with E-state index in [1.165, 1.54) is 12.1 Å². The largest absolute Gasteiger partial charge is 0.242 e. The molecule has 1 aromatic carbocycles. The van der Waals surface area contributed by atoms with Crippen molar-refractivity contribution < 1.29 is 8.42 Å². The fourth-order valence-electron chi connectivity index (χ4n) is 2.58. The number of hydrogen-bond donors (Lipinski definition) is 1. The molecule has 0 amide bonds. The molecule has 0 fully saturated rings. The van der Waals surface area contributed by atoms with Gasteiger partial charge < -0.3 is 0 Å². The minimum atomic E-state index is -3.69. The van der Waals surface area contributed by atoms with Crippen molar-refractivity contribution in [2.75, 3.05) is 6.54 Å². The van der Waals surface area contributed by atoms with Gasteiger partial charge in [-0.25, -0.2) is 22.6 Å². The average Bonchev–Trinajstić information content (AvgIpc) is 2.94. The summed E-state index contributed by atoms with van der Waals surface area (Å²) >= 11 is 12.0. The Balaban J connectivity index is 1.62. The van der Waals surface area contributed by atoms with Gasteiger partial charge in [-0.2, -0.15) is 5.10 Å². The molecule has 138 valence electrons. The number of fused-ring (bicyclic) bond motifs is 1.